The van der Waals surface area contributed by atoms with E-state index in [1.807, 2.05) is 11.8 Å². The highest BCUT2D eigenvalue weighted by atomic mass is 16.3. The predicted octanol–water partition coefficient (Wildman–Crippen LogP) is 3.46. The SMILES string of the molecule is CCN(CC(C)(C)O)C(=O)C1CCC(C(C)(C)C)CC1. The second-order valence-electron chi connectivity index (χ2n) is 8.08. The van der Waals surface area contributed by atoms with E-state index in [1.54, 1.807) is 13.8 Å². The number of nitrogens with zero attached hydrogens (tertiary/aromatic N) is 1. The highest BCUT2D eigenvalue weighted by Crippen LogP contribution is 2.40. The van der Waals surface area contributed by atoms with Crippen molar-refractivity contribution < 1.29 is 9.90 Å². The summed E-state index contributed by atoms with van der Waals surface area (Å²) in [6.07, 6.45) is 4.31. The molecule has 1 aliphatic carbocycles. The van der Waals surface area contributed by atoms with E-state index in [0.29, 0.717) is 18.5 Å². The van der Waals surface area contributed by atoms with Gasteiger partial charge in [-0.25, -0.2) is 0 Å². The van der Waals surface area contributed by atoms with E-state index in [-0.39, 0.29) is 11.8 Å². The summed E-state index contributed by atoms with van der Waals surface area (Å²) >= 11 is 0. The Bertz CT molecular complexity index is 317. The first-order valence-electron chi connectivity index (χ1n) is 8.05. The maximum Gasteiger partial charge on any atom is 0.225 e. The molecule has 0 atom stereocenters. The first kappa shape index (κ1) is 17.5. The Labute approximate surface area is 124 Å². The summed E-state index contributed by atoms with van der Waals surface area (Å²) in [7, 11) is 0. The van der Waals surface area contributed by atoms with Crippen LogP contribution in [0.3, 0.4) is 0 Å². The quantitative estimate of drug-likeness (QED) is 0.858. The van der Waals surface area contributed by atoms with Gasteiger partial charge in [-0.1, -0.05) is 20.8 Å². The Kier molecular flexibility index (Phi) is 5.65. The molecule has 0 aliphatic heterocycles. The van der Waals surface area contributed by atoms with E-state index in [9.17, 15) is 9.90 Å². The number of aliphatic hydroxyl groups is 1. The molecule has 0 saturated heterocycles. The molecule has 1 fully saturated rings. The lowest BCUT2D eigenvalue weighted by atomic mass is 9.69. The van der Waals surface area contributed by atoms with Crippen LogP contribution >= 0.6 is 0 Å². The minimum Gasteiger partial charge on any atom is -0.389 e. The van der Waals surface area contributed by atoms with Gasteiger partial charge in [-0.3, -0.25) is 4.79 Å². The van der Waals surface area contributed by atoms with E-state index >= 15 is 0 Å². The van der Waals surface area contributed by atoms with Crippen molar-refractivity contribution in [3.8, 4) is 0 Å². The fraction of sp³-hybridized carbons (Fsp3) is 0.941. The van der Waals surface area contributed by atoms with E-state index < -0.39 is 5.60 Å². The molecular formula is C17H33NO2. The number of hydrogen-bond donors (Lipinski definition) is 1. The molecular weight excluding hydrogens is 250 g/mol. The predicted molar refractivity (Wildman–Crippen MR) is 83.5 cm³/mol. The molecule has 1 amide bonds. The van der Waals surface area contributed by atoms with E-state index in [0.717, 1.165) is 31.6 Å². The summed E-state index contributed by atoms with van der Waals surface area (Å²) in [6.45, 7) is 13.5. The van der Waals surface area contributed by atoms with E-state index in [4.69, 9.17) is 0 Å². The van der Waals surface area contributed by atoms with Crippen LogP contribution in [0.25, 0.3) is 0 Å². The Hall–Kier alpha value is -0.570. The number of likely N-dealkylation sites (N-methyl/N-ethyl adjacent to an activating group) is 1. The number of carbonyl (C=O) groups is 1. The molecule has 0 aromatic carbocycles. The third-order valence-electron chi connectivity index (χ3n) is 4.57. The highest BCUT2D eigenvalue weighted by molar-refractivity contribution is 5.79. The molecule has 1 rings (SSSR count). The van der Waals surface area contributed by atoms with Crippen LogP contribution in [-0.4, -0.2) is 34.6 Å². The highest BCUT2D eigenvalue weighted by Gasteiger charge is 2.34. The number of rotatable bonds is 4. The standard InChI is InChI=1S/C17H33NO2/c1-7-18(12-17(5,6)20)15(19)13-8-10-14(11-9-13)16(2,3)4/h13-14,20H,7-12H2,1-6H3. The Morgan fingerprint density at radius 1 is 1.10 bits per heavy atom. The van der Waals surface area contributed by atoms with Gasteiger partial charge in [0.2, 0.25) is 5.91 Å². The molecule has 0 aromatic rings. The van der Waals surface area contributed by atoms with Crippen molar-refractivity contribution in [1.29, 1.82) is 0 Å². The molecule has 1 aliphatic rings. The average molecular weight is 283 g/mol. The van der Waals surface area contributed by atoms with Crippen molar-refractivity contribution in [3.63, 3.8) is 0 Å². The molecule has 0 spiro atoms. The second kappa shape index (κ2) is 6.46. The van der Waals surface area contributed by atoms with Crippen LogP contribution in [0.5, 0.6) is 0 Å². The topological polar surface area (TPSA) is 40.5 Å². The van der Waals surface area contributed by atoms with Crippen molar-refractivity contribution >= 4 is 5.91 Å². The van der Waals surface area contributed by atoms with Crippen molar-refractivity contribution in [2.75, 3.05) is 13.1 Å². The third kappa shape index (κ3) is 5.08. The maximum atomic E-state index is 12.6. The summed E-state index contributed by atoms with van der Waals surface area (Å²) in [4.78, 5) is 14.4. The molecule has 20 heavy (non-hydrogen) atoms. The van der Waals surface area contributed by atoms with Crippen molar-refractivity contribution in [2.24, 2.45) is 17.3 Å². The van der Waals surface area contributed by atoms with Gasteiger partial charge >= 0.3 is 0 Å². The molecule has 1 N–H and O–H groups in total. The Balaban J connectivity index is 2.57. The smallest absolute Gasteiger partial charge is 0.225 e. The van der Waals surface area contributed by atoms with Crippen molar-refractivity contribution in [2.45, 2.75) is 72.8 Å². The summed E-state index contributed by atoms with van der Waals surface area (Å²) in [5, 5.41) is 9.92. The zero-order valence-electron chi connectivity index (χ0n) is 14.2. The number of hydrogen-bond acceptors (Lipinski definition) is 2. The molecule has 1 saturated carbocycles. The van der Waals surface area contributed by atoms with Crippen molar-refractivity contribution in [3.05, 3.63) is 0 Å². The number of carbonyl (C=O) groups excluding carboxylic acids is 1. The van der Waals surface area contributed by atoms with Crippen LogP contribution in [0.15, 0.2) is 0 Å². The van der Waals surface area contributed by atoms with Gasteiger partial charge in [0.05, 0.1) is 5.60 Å². The summed E-state index contributed by atoms with van der Waals surface area (Å²) in [5.74, 6) is 1.13. The zero-order chi connectivity index (χ0) is 15.6. The van der Waals surface area contributed by atoms with Crippen LogP contribution in [0.4, 0.5) is 0 Å². The van der Waals surface area contributed by atoms with Gasteiger partial charge in [0.25, 0.3) is 0 Å². The van der Waals surface area contributed by atoms with Crippen LogP contribution in [0.1, 0.15) is 67.2 Å². The van der Waals surface area contributed by atoms with Gasteiger partial charge in [0.15, 0.2) is 0 Å². The molecule has 3 heteroatoms. The molecule has 0 aromatic heterocycles. The molecule has 0 bridgehead atoms. The lowest BCUT2D eigenvalue weighted by Crippen LogP contribution is -2.45. The first-order valence-corrected chi connectivity index (χ1v) is 8.05. The Morgan fingerprint density at radius 2 is 1.60 bits per heavy atom. The van der Waals surface area contributed by atoms with Crippen LogP contribution in [0, 0.1) is 17.3 Å². The first-order chi connectivity index (χ1) is 9.04. The van der Waals surface area contributed by atoms with E-state index in [2.05, 4.69) is 20.8 Å². The maximum absolute atomic E-state index is 12.6. The minimum atomic E-state index is -0.811. The monoisotopic (exact) mass is 283 g/mol. The fourth-order valence-electron chi connectivity index (χ4n) is 3.28. The van der Waals surface area contributed by atoms with Crippen LogP contribution in [-0.2, 0) is 4.79 Å². The van der Waals surface area contributed by atoms with Crippen molar-refractivity contribution in [1.82, 2.24) is 4.90 Å². The van der Waals surface area contributed by atoms with Gasteiger partial charge in [-0.2, -0.15) is 0 Å². The Morgan fingerprint density at radius 3 is 1.95 bits per heavy atom. The lowest BCUT2D eigenvalue weighted by Gasteiger charge is -2.38. The molecule has 0 heterocycles. The van der Waals surface area contributed by atoms with Gasteiger partial charge in [-0.05, 0) is 57.8 Å². The summed E-state index contributed by atoms with van der Waals surface area (Å²) in [5.41, 5.74) is -0.458. The van der Waals surface area contributed by atoms with Gasteiger partial charge in [0, 0.05) is 19.0 Å². The van der Waals surface area contributed by atoms with Gasteiger partial charge in [-0.15, -0.1) is 0 Å². The molecule has 3 nitrogen and oxygen atoms in total. The molecule has 0 unspecified atom stereocenters. The average Bonchev–Trinajstić information content (AvgIpc) is 2.33. The van der Waals surface area contributed by atoms with Gasteiger partial charge < -0.3 is 10.0 Å². The largest absolute Gasteiger partial charge is 0.389 e. The van der Waals surface area contributed by atoms with E-state index in [1.165, 1.54) is 0 Å². The molecule has 0 radical (unpaired) electrons. The fourth-order valence-corrected chi connectivity index (χ4v) is 3.28. The minimum absolute atomic E-state index is 0.163. The van der Waals surface area contributed by atoms with Gasteiger partial charge in [0.1, 0.15) is 0 Å². The summed E-state index contributed by atoms with van der Waals surface area (Å²) in [6, 6.07) is 0. The number of amides is 1. The third-order valence-corrected chi connectivity index (χ3v) is 4.57. The second-order valence-corrected chi connectivity index (χ2v) is 8.08. The normalized spacial score (nSPS) is 24.6. The lowest BCUT2D eigenvalue weighted by molar-refractivity contribution is -0.140. The summed E-state index contributed by atoms with van der Waals surface area (Å²) < 4.78 is 0. The molecule has 118 valence electrons. The van der Waals surface area contributed by atoms with Crippen LogP contribution in [0.2, 0.25) is 0 Å². The van der Waals surface area contributed by atoms with Crippen LogP contribution < -0.4 is 0 Å². The zero-order valence-corrected chi connectivity index (χ0v) is 14.2.